The average Bonchev–Trinajstić information content (AvgIpc) is 2.39. The fourth-order valence-corrected chi connectivity index (χ4v) is 2.45. The van der Waals surface area contributed by atoms with Crippen molar-refractivity contribution in [1.29, 1.82) is 0 Å². The second-order valence-electron chi connectivity index (χ2n) is 5.46. The minimum Gasteiger partial charge on any atom is -0.393 e. The molecule has 1 aromatic heterocycles. The fourth-order valence-electron chi connectivity index (χ4n) is 2.45. The van der Waals surface area contributed by atoms with Crippen LogP contribution >= 0.6 is 0 Å². The Labute approximate surface area is 118 Å². The Kier molecular flexibility index (Phi) is 4.54. The van der Waals surface area contributed by atoms with E-state index in [1.54, 1.807) is 11.9 Å². The molecule has 1 amide bonds. The normalized spacial score (nSPS) is 21.4. The van der Waals surface area contributed by atoms with Crippen LogP contribution in [0.5, 0.6) is 0 Å². The molecule has 0 atom stereocenters. The Hall–Kier alpha value is -1.69. The molecule has 0 aliphatic heterocycles. The molecule has 1 aromatic rings. The smallest absolute Gasteiger partial charge is 0.274 e. The standard InChI is InChI=1S/C14H21N3O3/c1-3-6-17-13(19)5-4-12(15-17)14(20)16(2)9-10-7-11(18)8-10/h4-5,10-11,18H,3,6-9H2,1-2H3. The minimum atomic E-state index is -0.215. The van der Waals surface area contributed by atoms with Gasteiger partial charge in [0, 0.05) is 26.2 Å². The van der Waals surface area contributed by atoms with Gasteiger partial charge in [0.1, 0.15) is 5.69 Å². The lowest BCUT2D eigenvalue weighted by atomic mass is 9.82. The third kappa shape index (κ3) is 3.25. The molecular formula is C14H21N3O3. The zero-order chi connectivity index (χ0) is 14.7. The molecule has 1 fully saturated rings. The number of aromatic nitrogens is 2. The number of rotatable bonds is 5. The maximum atomic E-state index is 12.3. The lowest BCUT2D eigenvalue weighted by Crippen LogP contribution is -2.40. The summed E-state index contributed by atoms with van der Waals surface area (Å²) in [4.78, 5) is 25.4. The second-order valence-corrected chi connectivity index (χ2v) is 5.46. The highest BCUT2D eigenvalue weighted by Gasteiger charge is 2.29. The van der Waals surface area contributed by atoms with Gasteiger partial charge >= 0.3 is 0 Å². The first-order valence-corrected chi connectivity index (χ1v) is 7.03. The lowest BCUT2D eigenvalue weighted by Gasteiger charge is -2.34. The van der Waals surface area contributed by atoms with E-state index in [0.717, 1.165) is 19.3 Å². The van der Waals surface area contributed by atoms with Crippen molar-refractivity contribution in [2.75, 3.05) is 13.6 Å². The van der Waals surface area contributed by atoms with E-state index in [-0.39, 0.29) is 17.6 Å². The third-order valence-electron chi connectivity index (χ3n) is 3.61. The van der Waals surface area contributed by atoms with E-state index in [0.29, 0.717) is 24.7 Å². The summed E-state index contributed by atoms with van der Waals surface area (Å²) in [6.45, 7) is 3.08. The Morgan fingerprint density at radius 1 is 1.50 bits per heavy atom. The van der Waals surface area contributed by atoms with Crippen molar-refractivity contribution < 1.29 is 9.90 Å². The van der Waals surface area contributed by atoms with Crippen molar-refractivity contribution in [2.45, 2.75) is 38.8 Å². The molecule has 6 nitrogen and oxygen atoms in total. The van der Waals surface area contributed by atoms with Crippen LogP contribution < -0.4 is 5.56 Å². The first-order valence-electron chi connectivity index (χ1n) is 7.03. The summed E-state index contributed by atoms with van der Waals surface area (Å²) in [7, 11) is 1.73. The molecule has 1 N–H and O–H groups in total. The van der Waals surface area contributed by atoms with Gasteiger partial charge in [-0.2, -0.15) is 5.10 Å². The molecule has 6 heteroatoms. The zero-order valence-corrected chi connectivity index (χ0v) is 12.0. The van der Waals surface area contributed by atoms with Gasteiger partial charge in [-0.05, 0) is 31.2 Å². The van der Waals surface area contributed by atoms with Crippen molar-refractivity contribution in [3.8, 4) is 0 Å². The number of carbonyl (C=O) groups is 1. The van der Waals surface area contributed by atoms with Crippen LogP contribution in [0, 0.1) is 5.92 Å². The molecule has 0 radical (unpaired) electrons. The summed E-state index contributed by atoms with van der Waals surface area (Å²) in [6.07, 6.45) is 2.08. The highest BCUT2D eigenvalue weighted by atomic mass is 16.3. The maximum Gasteiger partial charge on any atom is 0.274 e. The van der Waals surface area contributed by atoms with E-state index in [4.69, 9.17) is 0 Å². The summed E-state index contributed by atoms with van der Waals surface area (Å²) < 4.78 is 1.33. The number of hydrogen-bond acceptors (Lipinski definition) is 4. The van der Waals surface area contributed by atoms with Gasteiger partial charge in [-0.3, -0.25) is 9.59 Å². The van der Waals surface area contributed by atoms with Gasteiger partial charge in [0.05, 0.1) is 6.10 Å². The molecule has 2 rings (SSSR count). The van der Waals surface area contributed by atoms with Crippen LogP contribution in [0.3, 0.4) is 0 Å². The third-order valence-corrected chi connectivity index (χ3v) is 3.61. The number of amides is 1. The van der Waals surface area contributed by atoms with E-state index in [2.05, 4.69) is 5.10 Å². The summed E-state index contributed by atoms with van der Waals surface area (Å²) in [6, 6.07) is 2.86. The summed E-state index contributed by atoms with van der Waals surface area (Å²) >= 11 is 0. The Bertz CT molecular complexity index is 535. The highest BCUT2D eigenvalue weighted by molar-refractivity contribution is 5.91. The van der Waals surface area contributed by atoms with Crippen molar-refractivity contribution in [1.82, 2.24) is 14.7 Å². The number of nitrogens with zero attached hydrogens (tertiary/aromatic N) is 3. The first kappa shape index (κ1) is 14.7. The van der Waals surface area contributed by atoms with Gasteiger partial charge in [-0.25, -0.2) is 4.68 Å². The van der Waals surface area contributed by atoms with Gasteiger partial charge in [0.25, 0.3) is 11.5 Å². The Balaban J connectivity index is 2.04. The lowest BCUT2D eigenvalue weighted by molar-refractivity contribution is 0.0263. The number of aryl methyl sites for hydroxylation is 1. The van der Waals surface area contributed by atoms with Crippen LogP contribution in [0.25, 0.3) is 0 Å². The van der Waals surface area contributed by atoms with Gasteiger partial charge in [-0.15, -0.1) is 0 Å². The number of carbonyl (C=O) groups excluding carboxylic acids is 1. The molecule has 1 saturated carbocycles. The van der Waals surface area contributed by atoms with E-state index in [9.17, 15) is 14.7 Å². The number of aliphatic hydroxyl groups excluding tert-OH is 1. The predicted octanol–water partition coefficient (Wildman–Crippen LogP) is 0.496. The number of aliphatic hydroxyl groups is 1. The number of hydrogen-bond donors (Lipinski definition) is 1. The quantitative estimate of drug-likeness (QED) is 0.851. The van der Waals surface area contributed by atoms with E-state index >= 15 is 0 Å². The maximum absolute atomic E-state index is 12.3. The van der Waals surface area contributed by atoms with Crippen molar-refractivity contribution in [2.24, 2.45) is 5.92 Å². The molecule has 0 bridgehead atoms. The van der Waals surface area contributed by atoms with Crippen LogP contribution in [-0.4, -0.2) is 45.4 Å². The van der Waals surface area contributed by atoms with Gasteiger partial charge in [-0.1, -0.05) is 6.92 Å². The van der Waals surface area contributed by atoms with Crippen molar-refractivity contribution in [3.63, 3.8) is 0 Å². The fraction of sp³-hybridized carbons (Fsp3) is 0.643. The van der Waals surface area contributed by atoms with Crippen LogP contribution in [0.15, 0.2) is 16.9 Å². The summed E-state index contributed by atoms with van der Waals surface area (Å²) in [5.74, 6) is 0.178. The van der Waals surface area contributed by atoms with Gasteiger partial charge < -0.3 is 10.0 Å². The summed E-state index contributed by atoms with van der Waals surface area (Å²) in [5, 5.41) is 13.4. The minimum absolute atomic E-state index is 0.184. The van der Waals surface area contributed by atoms with Crippen molar-refractivity contribution in [3.05, 3.63) is 28.2 Å². The van der Waals surface area contributed by atoms with Crippen molar-refractivity contribution >= 4 is 5.91 Å². The van der Waals surface area contributed by atoms with Gasteiger partial charge in [0.2, 0.25) is 0 Å². The van der Waals surface area contributed by atoms with Gasteiger partial charge in [0.15, 0.2) is 0 Å². The molecule has 0 unspecified atom stereocenters. The van der Waals surface area contributed by atoms with Crippen LogP contribution in [-0.2, 0) is 6.54 Å². The van der Waals surface area contributed by atoms with E-state index in [1.165, 1.54) is 16.8 Å². The zero-order valence-electron chi connectivity index (χ0n) is 12.0. The Morgan fingerprint density at radius 2 is 2.20 bits per heavy atom. The molecule has 1 aliphatic carbocycles. The Morgan fingerprint density at radius 3 is 2.80 bits per heavy atom. The SMILES string of the molecule is CCCn1nc(C(=O)N(C)CC2CC(O)C2)ccc1=O. The van der Waals surface area contributed by atoms with E-state index in [1.807, 2.05) is 6.92 Å². The highest BCUT2D eigenvalue weighted by Crippen LogP contribution is 2.27. The molecule has 1 aliphatic rings. The molecule has 110 valence electrons. The monoisotopic (exact) mass is 279 g/mol. The van der Waals surface area contributed by atoms with E-state index < -0.39 is 0 Å². The topological polar surface area (TPSA) is 75.4 Å². The second kappa shape index (κ2) is 6.17. The first-order chi connectivity index (χ1) is 9.51. The van der Waals surface area contributed by atoms with Crippen LogP contribution in [0.4, 0.5) is 0 Å². The molecule has 0 saturated heterocycles. The van der Waals surface area contributed by atoms with Crippen LogP contribution in [0.2, 0.25) is 0 Å². The molecular weight excluding hydrogens is 258 g/mol. The molecule has 20 heavy (non-hydrogen) atoms. The molecule has 0 spiro atoms. The summed E-state index contributed by atoms with van der Waals surface area (Å²) in [5.41, 5.74) is 0.105. The molecule has 0 aromatic carbocycles. The predicted molar refractivity (Wildman–Crippen MR) is 74.5 cm³/mol. The average molecular weight is 279 g/mol. The van der Waals surface area contributed by atoms with Crippen LogP contribution in [0.1, 0.15) is 36.7 Å². The molecule has 1 heterocycles. The largest absolute Gasteiger partial charge is 0.393 e.